The van der Waals surface area contributed by atoms with Gasteiger partial charge in [0.2, 0.25) is 12.1 Å². The van der Waals surface area contributed by atoms with Crippen LogP contribution >= 0.6 is 0 Å². The largest absolute Gasteiger partial charge is 0.463 e. The van der Waals surface area contributed by atoms with Crippen LogP contribution in [-0.4, -0.2) is 120 Å². The van der Waals surface area contributed by atoms with Crippen LogP contribution in [0.4, 0.5) is 0 Å². The Balaban J connectivity index is 2.78. The highest BCUT2D eigenvalue weighted by Crippen LogP contribution is 2.41. The van der Waals surface area contributed by atoms with Crippen molar-refractivity contribution in [2.24, 2.45) is 29.6 Å². The summed E-state index contributed by atoms with van der Waals surface area (Å²) in [5.74, 6) is -7.23. The molecule has 16 nitrogen and oxygen atoms in total. The molecule has 16 heteroatoms. The standard InChI is InChI=1S/C36H60O16/c1-18(2)11-25(38)45-16-24-31(48-26(39)12-19(3)4)33(50-28(41)14-21(7)8)36(51-24,17-46-34(44)22(9)10)52-35-32(49-27(40)13-20(5)6)30(43)29(42)23(15-37)47-35/h18-24,29-33,35,37,42-43H,11-17H2,1-10H3/t23-,24-,29-,30+,31-,32-,33+,35-,36+/m1/s1. The Morgan fingerprint density at radius 3 is 1.60 bits per heavy atom. The number of hydrogen-bond acceptors (Lipinski definition) is 16. The zero-order valence-corrected chi connectivity index (χ0v) is 32.1. The maximum atomic E-state index is 13.4. The lowest BCUT2D eigenvalue weighted by atomic mass is 9.98. The second kappa shape index (κ2) is 20.5. The van der Waals surface area contributed by atoms with Gasteiger partial charge in [0.25, 0.3) is 0 Å². The molecule has 2 fully saturated rings. The summed E-state index contributed by atoms with van der Waals surface area (Å²) in [5.41, 5.74) is 0. The van der Waals surface area contributed by atoms with Crippen molar-refractivity contribution in [3.63, 3.8) is 0 Å². The van der Waals surface area contributed by atoms with Gasteiger partial charge in [-0.05, 0) is 23.7 Å². The summed E-state index contributed by atoms with van der Waals surface area (Å²) in [7, 11) is 0. The van der Waals surface area contributed by atoms with E-state index in [9.17, 15) is 39.3 Å². The highest BCUT2D eigenvalue weighted by atomic mass is 16.8. The van der Waals surface area contributed by atoms with E-state index in [0.717, 1.165) is 0 Å². The van der Waals surface area contributed by atoms with E-state index in [2.05, 4.69) is 0 Å². The molecule has 2 aliphatic heterocycles. The molecule has 0 aliphatic carbocycles. The molecule has 0 unspecified atom stereocenters. The monoisotopic (exact) mass is 748 g/mol. The van der Waals surface area contributed by atoms with Crippen LogP contribution in [0.15, 0.2) is 0 Å². The minimum absolute atomic E-state index is 0.0487. The fraction of sp³-hybridized carbons (Fsp3) is 0.861. The first-order valence-corrected chi connectivity index (χ1v) is 18.1. The van der Waals surface area contributed by atoms with Gasteiger partial charge in [-0.25, -0.2) is 0 Å². The van der Waals surface area contributed by atoms with Crippen LogP contribution in [0.25, 0.3) is 0 Å². The van der Waals surface area contributed by atoms with Crippen LogP contribution in [0.2, 0.25) is 0 Å². The quantitative estimate of drug-likeness (QED) is 0.127. The smallest absolute Gasteiger partial charge is 0.308 e. The molecule has 300 valence electrons. The Bertz CT molecular complexity index is 1180. The third-order valence-corrected chi connectivity index (χ3v) is 7.98. The molecule has 0 aromatic rings. The van der Waals surface area contributed by atoms with Gasteiger partial charge in [0.15, 0.2) is 18.3 Å². The summed E-state index contributed by atoms with van der Waals surface area (Å²) in [5, 5.41) is 31.9. The molecule has 3 N–H and O–H groups in total. The predicted molar refractivity (Wildman–Crippen MR) is 181 cm³/mol. The van der Waals surface area contributed by atoms with Gasteiger partial charge in [-0.15, -0.1) is 0 Å². The lowest BCUT2D eigenvalue weighted by Gasteiger charge is -2.45. The zero-order valence-electron chi connectivity index (χ0n) is 32.1. The molecular formula is C36H60O16. The Morgan fingerprint density at radius 1 is 0.635 bits per heavy atom. The van der Waals surface area contributed by atoms with Crippen molar-refractivity contribution in [2.75, 3.05) is 19.8 Å². The number of hydrogen-bond donors (Lipinski definition) is 3. The third-order valence-electron chi connectivity index (χ3n) is 7.98. The number of esters is 5. The first kappa shape index (κ1) is 45.3. The van der Waals surface area contributed by atoms with Gasteiger partial charge in [0.05, 0.1) is 12.5 Å². The maximum Gasteiger partial charge on any atom is 0.308 e. The molecule has 2 rings (SSSR count). The molecule has 0 saturated carbocycles. The van der Waals surface area contributed by atoms with Crippen LogP contribution in [0.3, 0.4) is 0 Å². The van der Waals surface area contributed by atoms with Crippen molar-refractivity contribution in [1.29, 1.82) is 0 Å². The van der Waals surface area contributed by atoms with E-state index >= 15 is 0 Å². The van der Waals surface area contributed by atoms with Crippen LogP contribution < -0.4 is 0 Å². The van der Waals surface area contributed by atoms with E-state index in [-0.39, 0.29) is 49.4 Å². The minimum atomic E-state index is -2.43. The lowest BCUT2D eigenvalue weighted by molar-refractivity contribution is -0.384. The van der Waals surface area contributed by atoms with E-state index in [1.807, 2.05) is 13.8 Å². The summed E-state index contributed by atoms with van der Waals surface area (Å²) in [6.45, 7) is 15.2. The molecule has 0 aromatic carbocycles. The summed E-state index contributed by atoms with van der Waals surface area (Å²) >= 11 is 0. The second-order valence-corrected chi connectivity index (χ2v) is 15.4. The molecule has 0 amide bonds. The molecule has 2 heterocycles. The fourth-order valence-corrected chi connectivity index (χ4v) is 5.47. The highest BCUT2D eigenvalue weighted by Gasteiger charge is 2.64. The summed E-state index contributed by atoms with van der Waals surface area (Å²) in [6.07, 6.45) is -13.5. The molecular weight excluding hydrogens is 688 g/mol. The normalized spacial score (nSPS) is 29.1. The summed E-state index contributed by atoms with van der Waals surface area (Å²) < 4.78 is 47.0. The highest BCUT2D eigenvalue weighted by molar-refractivity contribution is 5.72. The fourth-order valence-electron chi connectivity index (χ4n) is 5.47. The molecule has 0 radical (unpaired) electrons. The van der Waals surface area contributed by atoms with Gasteiger partial charge in [-0.3, -0.25) is 24.0 Å². The van der Waals surface area contributed by atoms with E-state index in [1.165, 1.54) is 0 Å². The number of carbonyl (C=O) groups excluding carboxylic acids is 5. The van der Waals surface area contributed by atoms with Crippen molar-refractivity contribution >= 4 is 29.8 Å². The first-order chi connectivity index (χ1) is 24.2. The van der Waals surface area contributed by atoms with Crippen molar-refractivity contribution in [3.8, 4) is 0 Å². The van der Waals surface area contributed by atoms with Gasteiger partial charge in [0, 0.05) is 25.7 Å². The molecule has 9 atom stereocenters. The number of carbonyl (C=O) groups is 5. The van der Waals surface area contributed by atoms with Crippen LogP contribution in [0, 0.1) is 29.6 Å². The zero-order chi connectivity index (χ0) is 39.5. The average Bonchev–Trinajstić information content (AvgIpc) is 3.27. The van der Waals surface area contributed by atoms with E-state index in [4.69, 9.17) is 37.9 Å². The predicted octanol–water partition coefficient (Wildman–Crippen LogP) is 2.20. The molecule has 2 saturated heterocycles. The van der Waals surface area contributed by atoms with Crippen molar-refractivity contribution in [3.05, 3.63) is 0 Å². The Kier molecular flexibility index (Phi) is 17.9. The SMILES string of the molecule is CC(C)CC(=O)OC[C@H]1O[C@@](COC(=O)C(C)C)(O[C@H]2O[C@H](CO)[C@@H](O)[C@H](O)[C@H]2OC(=O)CC(C)C)[C@@H](OC(=O)CC(C)C)[C@@H]1OC(=O)CC(C)C. The van der Waals surface area contributed by atoms with E-state index < -0.39 is 110 Å². The molecule has 52 heavy (non-hydrogen) atoms. The number of aliphatic hydroxyl groups is 3. The minimum Gasteiger partial charge on any atom is -0.463 e. The maximum absolute atomic E-state index is 13.4. The topological polar surface area (TPSA) is 220 Å². The van der Waals surface area contributed by atoms with Crippen molar-refractivity contribution in [2.45, 2.75) is 150 Å². The molecule has 0 spiro atoms. The number of ether oxygens (including phenoxy) is 8. The summed E-state index contributed by atoms with van der Waals surface area (Å²) in [6, 6.07) is 0. The second-order valence-electron chi connectivity index (χ2n) is 15.4. The average molecular weight is 749 g/mol. The molecule has 2 aliphatic rings. The van der Waals surface area contributed by atoms with Gasteiger partial charge >= 0.3 is 29.8 Å². The van der Waals surface area contributed by atoms with Gasteiger partial charge < -0.3 is 53.2 Å². The third kappa shape index (κ3) is 13.5. The van der Waals surface area contributed by atoms with Gasteiger partial charge in [-0.1, -0.05) is 69.2 Å². The van der Waals surface area contributed by atoms with Gasteiger partial charge in [0.1, 0.15) is 37.6 Å². The molecule has 0 aromatic heterocycles. The van der Waals surface area contributed by atoms with Crippen LogP contribution in [-0.2, 0) is 61.9 Å². The number of rotatable bonds is 19. The van der Waals surface area contributed by atoms with E-state index in [0.29, 0.717) is 0 Å². The number of aliphatic hydroxyl groups excluding tert-OH is 3. The Hall–Kier alpha value is -2.89. The van der Waals surface area contributed by atoms with Gasteiger partial charge in [-0.2, -0.15) is 0 Å². The van der Waals surface area contributed by atoms with E-state index in [1.54, 1.807) is 55.4 Å². The Morgan fingerprint density at radius 2 is 1.12 bits per heavy atom. The van der Waals surface area contributed by atoms with Crippen molar-refractivity contribution < 1.29 is 77.2 Å². The molecule has 0 bridgehead atoms. The first-order valence-electron chi connectivity index (χ1n) is 18.1. The van der Waals surface area contributed by atoms with Crippen LogP contribution in [0.1, 0.15) is 94.9 Å². The summed E-state index contributed by atoms with van der Waals surface area (Å²) in [4.78, 5) is 65.0. The lowest BCUT2D eigenvalue weighted by Crippen LogP contribution is -2.64. The van der Waals surface area contributed by atoms with Crippen molar-refractivity contribution in [1.82, 2.24) is 0 Å². The van der Waals surface area contributed by atoms with Crippen LogP contribution in [0.5, 0.6) is 0 Å². The Labute approximate surface area is 306 Å².